The Labute approximate surface area is 133 Å². The van der Waals surface area contributed by atoms with Crippen molar-refractivity contribution in [3.05, 3.63) is 24.3 Å². The zero-order valence-electron chi connectivity index (χ0n) is 14.1. The van der Waals surface area contributed by atoms with Crippen molar-refractivity contribution in [2.45, 2.75) is 46.1 Å². The minimum absolute atomic E-state index is 0.227. The molecule has 0 aliphatic heterocycles. The summed E-state index contributed by atoms with van der Waals surface area (Å²) in [5.74, 6) is 0.747. The molecule has 0 atom stereocenters. The highest BCUT2D eigenvalue weighted by Crippen LogP contribution is 2.18. The number of nitrogens with zero attached hydrogens (tertiary/aromatic N) is 1. The largest absolute Gasteiger partial charge is 0.494 e. The van der Waals surface area contributed by atoms with Crippen LogP contribution in [0.15, 0.2) is 24.3 Å². The van der Waals surface area contributed by atoms with Gasteiger partial charge in [-0.2, -0.15) is 0 Å². The van der Waals surface area contributed by atoms with E-state index in [1.165, 1.54) is 0 Å². The molecule has 0 aliphatic rings. The summed E-state index contributed by atoms with van der Waals surface area (Å²) in [6.45, 7) is 8.85. The molecular formula is C17H28N2O3. The Morgan fingerprint density at radius 3 is 2.68 bits per heavy atom. The van der Waals surface area contributed by atoms with Crippen molar-refractivity contribution in [3.8, 4) is 5.75 Å². The second-order valence-electron chi connectivity index (χ2n) is 5.99. The number of rotatable bonds is 8. The van der Waals surface area contributed by atoms with Gasteiger partial charge in [0.15, 0.2) is 0 Å². The van der Waals surface area contributed by atoms with E-state index in [9.17, 15) is 9.90 Å². The van der Waals surface area contributed by atoms with E-state index in [1.807, 2.05) is 31.2 Å². The lowest BCUT2D eigenvalue weighted by atomic mass is 10.1. The Hall–Kier alpha value is -1.75. The van der Waals surface area contributed by atoms with Crippen molar-refractivity contribution in [2.24, 2.45) is 0 Å². The van der Waals surface area contributed by atoms with Gasteiger partial charge in [0.25, 0.3) is 0 Å². The first kappa shape index (κ1) is 18.3. The minimum Gasteiger partial charge on any atom is -0.494 e. The fourth-order valence-corrected chi connectivity index (χ4v) is 1.99. The van der Waals surface area contributed by atoms with Crippen molar-refractivity contribution < 1.29 is 14.6 Å². The number of carbonyl (C=O) groups is 1. The van der Waals surface area contributed by atoms with Crippen molar-refractivity contribution in [2.75, 3.05) is 25.0 Å². The number of carbonyl (C=O) groups excluding carboxylic acids is 1. The van der Waals surface area contributed by atoms with Crippen LogP contribution in [0.1, 0.15) is 40.5 Å². The number of anilines is 1. The number of likely N-dealkylation sites (N-methyl/N-ethyl adjacent to an activating group) is 1. The first-order valence-electron chi connectivity index (χ1n) is 7.87. The van der Waals surface area contributed by atoms with Gasteiger partial charge >= 0.3 is 6.03 Å². The molecule has 124 valence electrons. The third-order valence-corrected chi connectivity index (χ3v) is 3.10. The van der Waals surface area contributed by atoms with E-state index in [0.717, 1.165) is 18.6 Å². The third-order valence-electron chi connectivity index (χ3n) is 3.10. The molecule has 0 heterocycles. The van der Waals surface area contributed by atoms with Crippen LogP contribution in [0.3, 0.4) is 0 Å². The van der Waals surface area contributed by atoms with Crippen LogP contribution in [0.2, 0.25) is 0 Å². The van der Waals surface area contributed by atoms with Crippen LogP contribution in [0.25, 0.3) is 0 Å². The van der Waals surface area contributed by atoms with Crippen LogP contribution in [-0.2, 0) is 0 Å². The van der Waals surface area contributed by atoms with Crippen LogP contribution in [-0.4, -0.2) is 41.3 Å². The molecule has 1 aromatic carbocycles. The fourth-order valence-electron chi connectivity index (χ4n) is 1.99. The SMILES string of the molecule is CCCCOc1cccc(NC(=O)N(CC)CC(C)(C)O)c1. The normalized spacial score (nSPS) is 11.1. The molecule has 0 saturated heterocycles. The van der Waals surface area contributed by atoms with E-state index in [4.69, 9.17) is 4.74 Å². The predicted molar refractivity (Wildman–Crippen MR) is 89.4 cm³/mol. The molecule has 0 saturated carbocycles. The molecule has 0 aromatic heterocycles. The number of aliphatic hydroxyl groups is 1. The predicted octanol–water partition coefficient (Wildman–Crippen LogP) is 3.49. The van der Waals surface area contributed by atoms with Gasteiger partial charge in [0.2, 0.25) is 0 Å². The van der Waals surface area contributed by atoms with Gasteiger partial charge in [-0.25, -0.2) is 4.79 Å². The van der Waals surface area contributed by atoms with Gasteiger partial charge in [0, 0.05) is 18.3 Å². The summed E-state index contributed by atoms with van der Waals surface area (Å²) in [5, 5.41) is 12.7. The minimum atomic E-state index is -0.918. The van der Waals surface area contributed by atoms with Crippen LogP contribution < -0.4 is 10.1 Å². The molecule has 5 heteroatoms. The first-order chi connectivity index (χ1) is 10.4. The quantitative estimate of drug-likeness (QED) is 0.723. The van der Waals surface area contributed by atoms with Gasteiger partial charge in [0.1, 0.15) is 5.75 Å². The van der Waals surface area contributed by atoms with E-state index >= 15 is 0 Å². The maximum Gasteiger partial charge on any atom is 0.321 e. The van der Waals surface area contributed by atoms with Gasteiger partial charge in [-0.15, -0.1) is 0 Å². The summed E-state index contributed by atoms with van der Waals surface area (Å²) in [7, 11) is 0. The highest BCUT2D eigenvalue weighted by molar-refractivity contribution is 5.89. The maximum atomic E-state index is 12.3. The summed E-state index contributed by atoms with van der Waals surface area (Å²) in [6, 6.07) is 7.13. The average molecular weight is 308 g/mol. The molecule has 22 heavy (non-hydrogen) atoms. The van der Waals surface area contributed by atoms with Crippen LogP contribution in [0.4, 0.5) is 10.5 Å². The fraction of sp³-hybridized carbons (Fsp3) is 0.588. The number of benzene rings is 1. The molecule has 1 aromatic rings. The number of amides is 2. The Morgan fingerprint density at radius 1 is 1.36 bits per heavy atom. The van der Waals surface area contributed by atoms with E-state index in [1.54, 1.807) is 18.7 Å². The Balaban J connectivity index is 2.64. The van der Waals surface area contributed by atoms with Gasteiger partial charge in [-0.05, 0) is 39.3 Å². The molecule has 2 amide bonds. The second kappa shape index (κ2) is 8.63. The van der Waals surface area contributed by atoms with Gasteiger partial charge in [-0.3, -0.25) is 0 Å². The summed E-state index contributed by atoms with van der Waals surface area (Å²) < 4.78 is 5.63. The third kappa shape index (κ3) is 6.80. The lowest BCUT2D eigenvalue weighted by Gasteiger charge is -2.28. The Morgan fingerprint density at radius 2 is 2.09 bits per heavy atom. The summed E-state index contributed by atoms with van der Waals surface area (Å²) in [4.78, 5) is 13.8. The highest BCUT2D eigenvalue weighted by Gasteiger charge is 2.21. The van der Waals surface area contributed by atoms with Gasteiger partial charge < -0.3 is 20.1 Å². The van der Waals surface area contributed by atoms with Gasteiger partial charge in [-0.1, -0.05) is 19.4 Å². The van der Waals surface area contributed by atoms with Crippen molar-refractivity contribution in [3.63, 3.8) is 0 Å². The standard InChI is InChI=1S/C17H28N2O3/c1-5-7-11-22-15-10-8-9-14(12-15)18-16(20)19(6-2)13-17(3,4)21/h8-10,12,21H,5-7,11,13H2,1-4H3,(H,18,20). The monoisotopic (exact) mass is 308 g/mol. The zero-order chi connectivity index (χ0) is 16.6. The van der Waals surface area contributed by atoms with Crippen LogP contribution in [0, 0.1) is 0 Å². The molecule has 0 fully saturated rings. The van der Waals surface area contributed by atoms with Crippen LogP contribution in [0.5, 0.6) is 5.75 Å². The first-order valence-corrected chi connectivity index (χ1v) is 7.87. The molecule has 2 N–H and O–H groups in total. The number of hydrogen-bond donors (Lipinski definition) is 2. The molecule has 0 bridgehead atoms. The zero-order valence-corrected chi connectivity index (χ0v) is 14.1. The number of unbranched alkanes of at least 4 members (excludes halogenated alkanes) is 1. The van der Waals surface area contributed by atoms with E-state index in [2.05, 4.69) is 12.2 Å². The molecular weight excluding hydrogens is 280 g/mol. The summed E-state index contributed by atoms with van der Waals surface area (Å²) >= 11 is 0. The molecule has 5 nitrogen and oxygen atoms in total. The number of ether oxygens (including phenoxy) is 1. The molecule has 0 aliphatic carbocycles. The van der Waals surface area contributed by atoms with E-state index < -0.39 is 5.60 Å². The highest BCUT2D eigenvalue weighted by atomic mass is 16.5. The molecule has 0 unspecified atom stereocenters. The topological polar surface area (TPSA) is 61.8 Å². The number of nitrogens with one attached hydrogen (secondary N) is 1. The number of urea groups is 1. The molecule has 0 radical (unpaired) electrons. The van der Waals surface area contributed by atoms with Crippen molar-refractivity contribution in [1.82, 2.24) is 4.90 Å². The van der Waals surface area contributed by atoms with E-state index in [-0.39, 0.29) is 12.6 Å². The Kier molecular flexibility index (Phi) is 7.18. The lowest BCUT2D eigenvalue weighted by Crippen LogP contribution is -2.44. The van der Waals surface area contributed by atoms with Crippen molar-refractivity contribution in [1.29, 1.82) is 0 Å². The van der Waals surface area contributed by atoms with Crippen molar-refractivity contribution >= 4 is 11.7 Å². The molecule has 0 spiro atoms. The Bertz CT molecular complexity index is 469. The lowest BCUT2D eigenvalue weighted by molar-refractivity contribution is 0.0501. The molecule has 1 rings (SSSR count). The van der Waals surface area contributed by atoms with Gasteiger partial charge in [0.05, 0.1) is 18.8 Å². The van der Waals surface area contributed by atoms with E-state index in [0.29, 0.717) is 18.8 Å². The smallest absolute Gasteiger partial charge is 0.321 e. The van der Waals surface area contributed by atoms with Crippen LogP contribution >= 0.6 is 0 Å². The maximum absolute atomic E-state index is 12.3. The second-order valence-corrected chi connectivity index (χ2v) is 5.99. The number of hydrogen-bond acceptors (Lipinski definition) is 3. The summed E-state index contributed by atoms with van der Waals surface area (Å²) in [5.41, 5.74) is -0.230. The summed E-state index contributed by atoms with van der Waals surface area (Å²) in [6.07, 6.45) is 2.09. The average Bonchev–Trinajstić information content (AvgIpc) is 2.44.